The second-order valence-electron chi connectivity index (χ2n) is 5.19. The van der Waals surface area contributed by atoms with Gasteiger partial charge in [0.15, 0.2) is 5.82 Å². The standard InChI is InChI=1S/C15H17N5O/c1-10(2)16-9-12-8-13(21)20-15(17-12)18-14(19-20)11-6-4-3-5-7-11/h3-8,10,16H,9H2,1-2H3,(H,17,18,19). The highest BCUT2D eigenvalue weighted by atomic mass is 16.1. The van der Waals surface area contributed by atoms with Crippen molar-refractivity contribution in [1.29, 1.82) is 0 Å². The molecule has 0 unspecified atom stereocenters. The fourth-order valence-electron chi connectivity index (χ4n) is 2.05. The van der Waals surface area contributed by atoms with E-state index in [4.69, 9.17) is 0 Å². The zero-order chi connectivity index (χ0) is 14.8. The molecule has 0 aliphatic heterocycles. The summed E-state index contributed by atoms with van der Waals surface area (Å²) < 4.78 is 1.36. The predicted molar refractivity (Wildman–Crippen MR) is 81.0 cm³/mol. The molecule has 21 heavy (non-hydrogen) atoms. The second kappa shape index (κ2) is 5.49. The molecule has 0 spiro atoms. The Hall–Kier alpha value is -2.47. The molecule has 0 fully saturated rings. The molecule has 0 radical (unpaired) electrons. The Kier molecular flexibility index (Phi) is 3.53. The third-order valence-corrected chi connectivity index (χ3v) is 3.12. The third kappa shape index (κ3) is 2.85. The lowest BCUT2D eigenvalue weighted by molar-refractivity contribution is 0.580. The highest BCUT2D eigenvalue weighted by Crippen LogP contribution is 2.13. The Balaban J connectivity index is 2.01. The zero-order valence-electron chi connectivity index (χ0n) is 12.0. The number of rotatable bonds is 4. The molecule has 0 aliphatic rings. The van der Waals surface area contributed by atoms with Crippen LogP contribution in [0, 0.1) is 0 Å². The Morgan fingerprint density at radius 1 is 1.24 bits per heavy atom. The van der Waals surface area contributed by atoms with Crippen molar-refractivity contribution in [3.63, 3.8) is 0 Å². The molecule has 3 aromatic rings. The lowest BCUT2D eigenvalue weighted by Crippen LogP contribution is -2.24. The van der Waals surface area contributed by atoms with Crippen LogP contribution in [0.3, 0.4) is 0 Å². The first kappa shape index (κ1) is 13.5. The lowest BCUT2D eigenvalue weighted by atomic mass is 10.2. The lowest BCUT2D eigenvalue weighted by Gasteiger charge is -2.06. The zero-order valence-corrected chi connectivity index (χ0v) is 12.0. The van der Waals surface area contributed by atoms with Crippen LogP contribution in [0.1, 0.15) is 19.5 Å². The van der Waals surface area contributed by atoms with Gasteiger partial charge in [-0.2, -0.15) is 9.50 Å². The van der Waals surface area contributed by atoms with Crippen LogP contribution in [-0.4, -0.2) is 25.6 Å². The van der Waals surface area contributed by atoms with Gasteiger partial charge in [-0.3, -0.25) is 9.89 Å². The smallest absolute Gasteiger partial charge is 0.274 e. The quantitative estimate of drug-likeness (QED) is 0.762. The fraction of sp³-hybridized carbons (Fsp3) is 0.267. The molecule has 0 saturated heterocycles. The first-order valence-corrected chi connectivity index (χ1v) is 6.91. The molecule has 6 heteroatoms. The molecular weight excluding hydrogens is 266 g/mol. The van der Waals surface area contributed by atoms with E-state index in [0.29, 0.717) is 29.9 Å². The molecule has 3 rings (SSSR count). The number of H-pyrrole nitrogens is 1. The molecule has 2 N–H and O–H groups in total. The second-order valence-corrected chi connectivity index (χ2v) is 5.19. The van der Waals surface area contributed by atoms with Crippen molar-refractivity contribution in [3.05, 3.63) is 52.4 Å². The molecular formula is C15H17N5O. The van der Waals surface area contributed by atoms with E-state index < -0.39 is 0 Å². The summed E-state index contributed by atoms with van der Waals surface area (Å²) in [6.07, 6.45) is 0. The van der Waals surface area contributed by atoms with Crippen LogP contribution in [0.2, 0.25) is 0 Å². The van der Waals surface area contributed by atoms with Gasteiger partial charge < -0.3 is 5.32 Å². The molecule has 2 aromatic heterocycles. The maximum atomic E-state index is 12.1. The van der Waals surface area contributed by atoms with Gasteiger partial charge in [0.2, 0.25) is 0 Å². The number of nitrogens with one attached hydrogen (secondary N) is 2. The largest absolute Gasteiger partial charge is 0.309 e. The summed E-state index contributed by atoms with van der Waals surface area (Å²) in [5.74, 6) is 1.02. The van der Waals surface area contributed by atoms with Gasteiger partial charge in [0.25, 0.3) is 11.3 Å². The van der Waals surface area contributed by atoms with Crippen molar-refractivity contribution in [1.82, 2.24) is 24.9 Å². The summed E-state index contributed by atoms with van der Waals surface area (Å²) in [7, 11) is 0. The molecule has 0 bridgehead atoms. The van der Waals surface area contributed by atoms with Gasteiger partial charge in [-0.25, -0.2) is 4.98 Å². The summed E-state index contributed by atoms with van der Waals surface area (Å²) >= 11 is 0. The van der Waals surface area contributed by atoms with Crippen molar-refractivity contribution in [2.24, 2.45) is 0 Å². The minimum Gasteiger partial charge on any atom is -0.309 e. The molecule has 108 valence electrons. The van der Waals surface area contributed by atoms with E-state index in [1.807, 2.05) is 44.2 Å². The first-order valence-electron chi connectivity index (χ1n) is 6.91. The minimum atomic E-state index is -0.157. The molecule has 6 nitrogen and oxygen atoms in total. The number of fused-ring (bicyclic) bond motifs is 1. The molecule has 1 aromatic carbocycles. The van der Waals surface area contributed by atoms with Gasteiger partial charge in [-0.05, 0) is 0 Å². The van der Waals surface area contributed by atoms with E-state index in [9.17, 15) is 4.79 Å². The summed E-state index contributed by atoms with van der Waals surface area (Å²) in [5.41, 5.74) is 1.46. The van der Waals surface area contributed by atoms with Crippen molar-refractivity contribution >= 4 is 5.78 Å². The van der Waals surface area contributed by atoms with Crippen LogP contribution < -0.4 is 10.9 Å². The Morgan fingerprint density at radius 3 is 2.71 bits per heavy atom. The number of hydrogen-bond acceptors (Lipinski definition) is 4. The van der Waals surface area contributed by atoms with Gasteiger partial charge >= 0.3 is 0 Å². The van der Waals surface area contributed by atoms with Crippen molar-refractivity contribution < 1.29 is 0 Å². The van der Waals surface area contributed by atoms with Gasteiger partial charge in [0, 0.05) is 24.2 Å². The summed E-state index contributed by atoms with van der Waals surface area (Å²) in [6.45, 7) is 4.65. The van der Waals surface area contributed by atoms with Crippen LogP contribution in [0.25, 0.3) is 17.2 Å². The van der Waals surface area contributed by atoms with Crippen LogP contribution in [0.15, 0.2) is 41.2 Å². The van der Waals surface area contributed by atoms with E-state index in [0.717, 1.165) is 5.56 Å². The maximum absolute atomic E-state index is 12.1. The Morgan fingerprint density at radius 2 is 2.00 bits per heavy atom. The number of benzene rings is 1. The van der Waals surface area contributed by atoms with E-state index in [1.54, 1.807) is 0 Å². The SMILES string of the molecule is CC(C)NCc1cc(=O)n2[nH]c(-c3ccccc3)nc2n1. The highest BCUT2D eigenvalue weighted by molar-refractivity contribution is 5.56. The van der Waals surface area contributed by atoms with Crippen LogP contribution in [0.4, 0.5) is 0 Å². The molecule has 2 heterocycles. The average molecular weight is 283 g/mol. The average Bonchev–Trinajstić information content (AvgIpc) is 2.91. The number of nitrogens with zero attached hydrogens (tertiary/aromatic N) is 3. The highest BCUT2D eigenvalue weighted by Gasteiger charge is 2.09. The van der Waals surface area contributed by atoms with Gasteiger partial charge in [-0.15, -0.1) is 0 Å². The molecule has 0 saturated carbocycles. The minimum absolute atomic E-state index is 0.157. The van der Waals surface area contributed by atoms with Crippen molar-refractivity contribution in [3.8, 4) is 11.4 Å². The maximum Gasteiger partial charge on any atom is 0.274 e. The topological polar surface area (TPSA) is 75.1 Å². The van der Waals surface area contributed by atoms with E-state index >= 15 is 0 Å². The Labute approximate surface area is 121 Å². The summed E-state index contributed by atoms with van der Waals surface area (Å²) in [4.78, 5) is 20.9. The van der Waals surface area contributed by atoms with Crippen LogP contribution in [0.5, 0.6) is 0 Å². The number of aromatic amines is 1. The summed E-state index contributed by atoms with van der Waals surface area (Å²) in [6, 6.07) is 11.5. The summed E-state index contributed by atoms with van der Waals surface area (Å²) in [5, 5.41) is 6.23. The van der Waals surface area contributed by atoms with Crippen LogP contribution in [-0.2, 0) is 6.54 Å². The number of aromatic nitrogens is 4. The fourth-order valence-corrected chi connectivity index (χ4v) is 2.05. The monoisotopic (exact) mass is 283 g/mol. The molecule has 0 atom stereocenters. The van der Waals surface area contributed by atoms with Crippen LogP contribution >= 0.6 is 0 Å². The van der Waals surface area contributed by atoms with Crippen molar-refractivity contribution in [2.75, 3.05) is 0 Å². The first-order chi connectivity index (χ1) is 10.1. The van der Waals surface area contributed by atoms with Gasteiger partial charge in [0.05, 0.1) is 5.69 Å². The number of hydrogen-bond donors (Lipinski definition) is 2. The van der Waals surface area contributed by atoms with Crippen molar-refractivity contribution in [2.45, 2.75) is 26.4 Å². The normalized spacial score (nSPS) is 11.4. The third-order valence-electron chi connectivity index (χ3n) is 3.12. The van der Waals surface area contributed by atoms with Gasteiger partial charge in [0.1, 0.15) is 0 Å². The van der Waals surface area contributed by atoms with Gasteiger partial charge in [-0.1, -0.05) is 44.2 Å². The predicted octanol–water partition coefficient (Wildman–Crippen LogP) is 1.58. The van der Waals surface area contributed by atoms with E-state index in [1.165, 1.54) is 10.6 Å². The van der Waals surface area contributed by atoms with E-state index in [2.05, 4.69) is 20.4 Å². The molecule has 0 amide bonds. The van der Waals surface area contributed by atoms with E-state index in [-0.39, 0.29) is 5.56 Å². The molecule has 0 aliphatic carbocycles. The Bertz CT molecular complexity index is 804.